The minimum Gasteiger partial charge on any atom is -0.354 e. The Bertz CT molecular complexity index is 1580. The fraction of sp³-hybridized carbons (Fsp3) is 0.156. The second-order valence-electron chi connectivity index (χ2n) is 9.71. The first-order valence-corrected chi connectivity index (χ1v) is 12.4. The second-order valence-corrected chi connectivity index (χ2v) is 9.71. The Kier molecular flexibility index (Phi) is 5.68. The number of carbonyl (C=O) groups excluding carboxylic acids is 1. The van der Waals surface area contributed by atoms with Crippen LogP contribution in [0, 0.1) is 13.8 Å². The van der Waals surface area contributed by atoms with Gasteiger partial charge in [0.1, 0.15) is 17.2 Å². The van der Waals surface area contributed by atoms with Gasteiger partial charge in [0.05, 0.1) is 11.1 Å². The van der Waals surface area contributed by atoms with Crippen molar-refractivity contribution in [2.24, 2.45) is 0 Å². The van der Waals surface area contributed by atoms with E-state index in [0.29, 0.717) is 5.76 Å². The maximum Gasteiger partial charge on any atom is 0.209 e. The van der Waals surface area contributed by atoms with Gasteiger partial charge < -0.3 is 9.84 Å². The minimum absolute atomic E-state index is 0.371. The summed E-state index contributed by atoms with van der Waals surface area (Å²) in [4.78, 5) is 16.1. The number of anilines is 2. The van der Waals surface area contributed by atoms with E-state index in [1.165, 1.54) is 5.56 Å². The summed E-state index contributed by atoms with van der Waals surface area (Å²) >= 11 is 0. The highest BCUT2D eigenvalue weighted by molar-refractivity contribution is 5.80. The van der Waals surface area contributed by atoms with Crippen LogP contribution in [0.3, 0.4) is 0 Å². The van der Waals surface area contributed by atoms with Crippen molar-refractivity contribution in [2.75, 3.05) is 5.32 Å². The summed E-state index contributed by atoms with van der Waals surface area (Å²) in [5.74, 6) is 1.39. The first-order valence-electron chi connectivity index (χ1n) is 12.4. The molecule has 0 aliphatic heterocycles. The molecule has 1 radical (unpaired) electrons. The monoisotopic (exact) mass is 484 g/mol. The summed E-state index contributed by atoms with van der Waals surface area (Å²) in [5.41, 5.74) is 8.52. The smallest absolute Gasteiger partial charge is 0.209 e. The first kappa shape index (κ1) is 22.9. The van der Waals surface area contributed by atoms with E-state index in [2.05, 4.69) is 66.1 Å². The van der Waals surface area contributed by atoms with Crippen molar-refractivity contribution in [3.63, 3.8) is 0 Å². The molecule has 181 valence electrons. The molecule has 5 nitrogen and oxygen atoms in total. The third-order valence-electron chi connectivity index (χ3n) is 7.04. The van der Waals surface area contributed by atoms with E-state index in [1.54, 1.807) is 0 Å². The number of hydrogen-bond donors (Lipinski definition) is 1. The summed E-state index contributed by atoms with van der Waals surface area (Å²) in [7, 11) is 0. The van der Waals surface area contributed by atoms with E-state index in [-0.39, 0.29) is 5.41 Å². The lowest BCUT2D eigenvalue weighted by molar-refractivity contribution is 0.427. The second kappa shape index (κ2) is 9.17. The Labute approximate surface area is 216 Å². The SMILES string of the molecule is Cc1cccc(-c2cccc(Nc3c(C)noc3-c3ccc(-c4ccc(C5([C]=O)CC5)cc4)cc3)n2)c1. The van der Waals surface area contributed by atoms with Crippen molar-refractivity contribution in [2.45, 2.75) is 32.1 Å². The molecule has 0 bridgehead atoms. The third kappa shape index (κ3) is 4.45. The summed E-state index contributed by atoms with van der Waals surface area (Å²) in [6.07, 6.45) is 4.00. The number of nitrogens with one attached hydrogen (secondary N) is 1. The molecule has 1 N–H and O–H groups in total. The molecule has 1 aliphatic rings. The van der Waals surface area contributed by atoms with E-state index in [4.69, 9.17) is 9.51 Å². The predicted molar refractivity (Wildman–Crippen MR) is 146 cm³/mol. The van der Waals surface area contributed by atoms with E-state index >= 15 is 0 Å². The van der Waals surface area contributed by atoms with Crippen LogP contribution in [0.5, 0.6) is 0 Å². The lowest BCUT2D eigenvalue weighted by atomic mass is 9.94. The van der Waals surface area contributed by atoms with Gasteiger partial charge in [0.2, 0.25) is 6.29 Å². The van der Waals surface area contributed by atoms with Gasteiger partial charge in [0, 0.05) is 11.1 Å². The summed E-state index contributed by atoms with van der Waals surface area (Å²) in [5, 5.41) is 7.64. The van der Waals surface area contributed by atoms with E-state index in [9.17, 15) is 4.79 Å². The molecule has 2 aromatic heterocycles. The average molecular weight is 485 g/mol. The average Bonchev–Trinajstić information content (AvgIpc) is 3.67. The number of aryl methyl sites for hydroxylation is 2. The number of benzene rings is 3. The third-order valence-corrected chi connectivity index (χ3v) is 7.04. The number of aromatic nitrogens is 2. The Morgan fingerprint density at radius 2 is 1.49 bits per heavy atom. The minimum atomic E-state index is -0.371. The van der Waals surface area contributed by atoms with Crippen molar-refractivity contribution in [3.05, 3.63) is 108 Å². The van der Waals surface area contributed by atoms with Crippen LogP contribution in [0.4, 0.5) is 11.5 Å². The van der Waals surface area contributed by atoms with Crippen LogP contribution in [-0.2, 0) is 10.2 Å². The number of rotatable bonds is 7. The molecule has 1 aliphatic carbocycles. The van der Waals surface area contributed by atoms with Crippen molar-refractivity contribution in [3.8, 4) is 33.7 Å². The lowest BCUT2D eigenvalue weighted by Gasteiger charge is -2.10. The van der Waals surface area contributed by atoms with Crippen LogP contribution < -0.4 is 5.32 Å². The highest BCUT2D eigenvalue weighted by Crippen LogP contribution is 2.46. The predicted octanol–water partition coefficient (Wildman–Crippen LogP) is 7.57. The normalized spacial score (nSPS) is 13.8. The van der Waals surface area contributed by atoms with Gasteiger partial charge in [-0.1, -0.05) is 83.5 Å². The molecule has 0 atom stereocenters. The van der Waals surface area contributed by atoms with Gasteiger partial charge in [-0.25, -0.2) is 4.98 Å². The largest absolute Gasteiger partial charge is 0.354 e. The van der Waals surface area contributed by atoms with Crippen molar-refractivity contribution < 1.29 is 9.32 Å². The molecule has 5 aromatic rings. The van der Waals surface area contributed by atoms with Gasteiger partial charge in [-0.05, 0) is 61.6 Å². The molecule has 0 spiro atoms. The molecule has 0 amide bonds. The molecule has 0 saturated heterocycles. The highest BCUT2D eigenvalue weighted by atomic mass is 16.5. The van der Waals surface area contributed by atoms with E-state index in [0.717, 1.165) is 63.6 Å². The molecule has 2 heterocycles. The summed E-state index contributed by atoms with van der Waals surface area (Å²) < 4.78 is 5.73. The molecule has 6 rings (SSSR count). The molecule has 37 heavy (non-hydrogen) atoms. The molecular weight excluding hydrogens is 458 g/mol. The van der Waals surface area contributed by atoms with Crippen LogP contribution in [0.2, 0.25) is 0 Å². The maximum atomic E-state index is 11.3. The van der Waals surface area contributed by atoms with Crippen LogP contribution in [-0.4, -0.2) is 16.4 Å². The van der Waals surface area contributed by atoms with Crippen LogP contribution in [0.15, 0.2) is 95.5 Å². The molecule has 1 fully saturated rings. The quantitative estimate of drug-likeness (QED) is 0.258. The van der Waals surface area contributed by atoms with Crippen LogP contribution in [0.25, 0.3) is 33.7 Å². The number of pyridine rings is 1. The van der Waals surface area contributed by atoms with Gasteiger partial charge in [-0.2, -0.15) is 0 Å². The molecule has 0 unspecified atom stereocenters. The first-order chi connectivity index (χ1) is 18.0. The Morgan fingerprint density at radius 3 is 2.16 bits per heavy atom. The van der Waals surface area contributed by atoms with Gasteiger partial charge in [0.15, 0.2) is 5.76 Å². The summed E-state index contributed by atoms with van der Waals surface area (Å²) in [6.45, 7) is 3.99. The number of hydrogen-bond acceptors (Lipinski definition) is 5. The molecular formula is C32H26N3O2. The standard InChI is InChI=1S/C32H26N3O2/c1-21-5-3-6-26(19-21)28-7-4-8-29(33-28)34-30-22(2)35-37-31(30)25-11-9-23(10-12-25)24-13-15-27(16-14-24)32(20-36)17-18-32/h3-16,19H,17-18H2,1-2H3,(H,33,34). The van der Waals surface area contributed by atoms with Gasteiger partial charge in [-0.15, -0.1) is 0 Å². The zero-order valence-electron chi connectivity index (χ0n) is 20.8. The van der Waals surface area contributed by atoms with Crippen molar-refractivity contribution in [1.82, 2.24) is 10.1 Å². The maximum absolute atomic E-state index is 11.3. The molecule has 5 heteroatoms. The fourth-order valence-corrected chi connectivity index (χ4v) is 4.68. The van der Waals surface area contributed by atoms with Crippen molar-refractivity contribution in [1.29, 1.82) is 0 Å². The van der Waals surface area contributed by atoms with Gasteiger partial charge >= 0.3 is 0 Å². The summed E-state index contributed by atoms with van der Waals surface area (Å²) in [6, 6.07) is 30.7. The fourth-order valence-electron chi connectivity index (χ4n) is 4.68. The van der Waals surface area contributed by atoms with Gasteiger partial charge in [0.25, 0.3) is 0 Å². The Morgan fingerprint density at radius 1 is 0.811 bits per heavy atom. The lowest BCUT2D eigenvalue weighted by Crippen LogP contribution is -2.06. The Balaban J connectivity index is 1.25. The van der Waals surface area contributed by atoms with Gasteiger partial charge in [-0.3, -0.25) is 4.79 Å². The molecule has 1 saturated carbocycles. The van der Waals surface area contributed by atoms with Crippen LogP contribution >= 0.6 is 0 Å². The topological polar surface area (TPSA) is 68.0 Å². The zero-order valence-corrected chi connectivity index (χ0v) is 20.8. The van der Waals surface area contributed by atoms with Crippen molar-refractivity contribution >= 4 is 17.8 Å². The Hall–Kier alpha value is -4.51. The number of nitrogens with zero attached hydrogens (tertiary/aromatic N) is 2. The zero-order chi connectivity index (χ0) is 25.4. The molecule has 3 aromatic carbocycles. The van der Waals surface area contributed by atoms with E-state index in [1.807, 2.05) is 55.5 Å². The van der Waals surface area contributed by atoms with E-state index < -0.39 is 0 Å². The van der Waals surface area contributed by atoms with Crippen LogP contribution in [0.1, 0.15) is 29.7 Å². The highest BCUT2D eigenvalue weighted by Gasteiger charge is 2.45.